The Kier molecular flexibility index (Phi) is 4.97. The Morgan fingerprint density at radius 1 is 1.14 bits per heavy atom. The molecule has 1 aromatic carbocycles. The number of hydrogen-bond donors (Lipinski definition) is 1. The molecule has 2 aliphatic rings. The van der Waals surface area contributed by atoms with Crippen molar-refractivity contribution in [3.05, 3.63) is 35.9 Å². The Morgan fingerprint density at radius 3 is 2.62 bits per heavy atom. The van der Waals surface area contributed by atoms with Crippen LogP contribution in [0.5, 0.6) is 0 Å². The molecule has 2 fully saturated rings. The Hall–Kier alpha value is -0.860. The van der Waals surface area contributed by atoms with Gasteiger partial charge in [0.25, 0.3) is 0 Å². The summed E-state index contributed by atoms with van der Waals surface area (Å²) in [6, 6.07) is 12.1. The lowest BCUT2D eigenvalue weighted by Crippen LogP contribution is -2.51. The maximum Gasteiger partial charge on any atom is 0.0104 e. The molecule has 2 heteroatoms. The highest BCUT2D eigenvalue weighted by Crippen LogP contribution is 2.36. The molecule has 0 saturated carbocycles. The van der Waals surface area contributed by atoms with Crippen LogP contribution in [0.15, 0.2) is 30.3 Å². The van der Waals surface area contributed by atoms with E-state index in [9.17, 15) is 0 Å². The minimum Gasteiger partial charge on any atom is -0.317 e. The van der Waals surface area contributed by atoms with E-state index >= 15 is 0 Å². The van der Waals surface area contributed by atoms with Gasteiger partial charge in [0.05, 0.1) is 0 Å². The van der Waals surface area contributed by atoms with Gasteiger partial charge in [-0.25, -0.2) is 0 Å². The van der Waals surface area contributed by atoms with Crippen molar-refractivity contribution in [2.75, 3.05) is 26.2 Å². The quantitative estimate of drug-likeness (QED) is 0.910. The second kappa shape index (κ2) is 6.93. The molecule has 2 aliphatic heterocycles. The Morgan fingerprint density at radius 2 is 1.90 bits per heavy atom. The van der Waals surface area contributed by atoms with Gasteiger partial charge in [0.2, 0.25) is 0 Å². The summed E-state index contributed by atoms with van der Waals surface area (Å²) in [7, 11) is 0. The SMILES string of the molecule is CCC1CCCCN1CC1(c2ccccc2)CCNCC1. The molecule has 1 N–H and O–H groups in total. The summed E-state index contributed by atoms with van der Waals surface area (Å²) in [4.78, 5) is 2.81. The van der Waals surface area contributed by atoms with E-state index in [4.69, 9.17) is 0 Å². The van der Waals surface area contributed by atoms with Gasteiger partial charge in [0.1, 0.15) is 0 Å². The zero-order valence-corrected chi connectivity index (χ0v) is 13.5. The van der Waals surface area contributed by atoms with Crippen LogP contribution in [0, 0.1) is 0 Å². The first-order valence-electron chi connectivity index (χ1n) is 8.84. The van der Waals surface area contributed by atoms with Crippen molar-refractivity contribution in [2.24, 2.45) is 0 Å². The fourth-order valence-electron chi connectivity index (χ4n) is 4.35. The second-order valence-electron chi connectivity index (χ2n) is 6.92. The van der Waals surface area contributed by atoms with Crippen LogP contribution in [0.3, 0.4) is 0 Å². The minimum absolute atomic E-state index is 0.372. The van der Waals surface area contributed by atoms with Gasteiger partial charge in [-0.15, -0.1) is 0 Å². The minimum atomic E-state index is 0.372. The van der Waals surface area contributed by atoms with E-state index in [2.05, 4.69) is 47.5 Å². The first-order valence-corrected chi connectivity index (χ1v) is 8.84. The number of benzene rings is 1. The van der Waals surface area contributed by atoms with Crippen molar-refractivity contribution < 1.29 is 0 Å². The summed E-state index contributed by atoms with van der Waals surface area (Å²) < 4.78 is 0. The van der Waals surface area contributed by atoms with E-state index in [-0.39, 0.29) is 0 Å². The van der Waals surface area contributed by atoms with Crippen LogP contribution in [0.2, 0.25) is 0 Å². The molecule has 1 atom stereocenters. The second-order valence-corrected chi connectivity index (χ2v) is 6.92. The third-order valence-electron chi connectivity index (χ3n) is 5.67. The smallest absolute Gasteiger partial charge is 0.0104 e. The zero-order chi connectivity index (χ0) is 14.5. The number of likely N-dealkylation sites (tertiary alicyclic amines) is 1. The van der Waals surface area contributed by atoms with Gasteiger partial charge in [-0.2, -0.15) is 0 Å². The summed E-state index contributed by atoms with van der Waals surface area (Å²) in [6.07, 6.45) is 8.09. The monoisotopic (exact) mass is 286 g/mol. The van der Waals surface area contributed by atoms with Crippen molar-refractivity contribution in [2.45, 2.75) is 56.9 Å². The van der Waals surface area contributed by atoms with Gasteiger partial charge in [0.15, 0.2) is 0 Å². The van der Waals surface area contributed by atoms with Gasteiger partial charge < -0.3 is 5.32 Å². The fourth-order valence-corrected chi connectivity index (χ4v) is 4.35. The molecule has 0 amide bonds. The molecule has 2 heterocycles. The van der Waals surface area contributed by atoms with Crippen LogP contribution in [-0.4, -0.2) is 37.1 Å². The lowest BCUT2D eigenvalue weighted by Gasteiger charge is -2.45. The predicted molar refractivity (Wildman–Crippen MR) is 89.7 cm³/mol. The van der Waals surface area contributed by atoms with Gasteiger partial charge in [-0.05, 0) is 57.3 Å². The van der Waals surface area contributed by atoms with E-state index in [1.807, 2.05) is 0 Å². The van der Waals surface area contributed by atoms with E-state index in [0.29, 0.717) is 5.41 Å². The van der Waals surface area contributed by atoms with Crippen molar-refractivity contribution in [3.8, 4) is 0 Å². The van der Waals surface area contributed by atoms with E-state index in [0.717, 1.165) is 6.04 Å². The maximum absolute atomic E-state index is 3.55. The molecule has 0 aromatic heterocycles. The van der Waals surface area contributed by atoms with Crippen LogP contribution < -0.4 is 5.32 Å². The van der Waals surface area contributed by atoms with Gasteiger partial charge in [0, 0.05) is 18.0 Å². The van der Waals surface area contributed by atoms with Crippen molar-refractivity contribution in [3.63, 3.8) is 0 Å². The molecule has 3 rings (SSSR count). The summed E-state index contributed by atoms with van der Waals surface area (Å²) in [6.45, 7) is 7.26. The van der Waals surface area contributed by atoms with Gasteiger partial charge >= 0.3 is 0 Å². The van der Waals surface area contributed by atoms with Gasteiger partial charge in [-0.1, -0.05) is 43.7 Å². The third kappa shape index (κ3) is 3.32. The molecule has 2 nitrogen and oxygen atoms in total. The van der Waals surface area contributed by atoms with Crippen molar-refractivity contribution in [1.29, 1.82) is 0 Å². The third-order valence-corrected chi connectivity index (χ3v) is 5.67. The standard InChI is InChI=1S/C19H30N2/c1-2-18-10-6-7-15-21(18)16-19(11-13-20-14-12-19)17-8-4-3-5-9-17/h3-5,8-9,18,20H,2,6-7,10-16H2,1H3. The van der Waals surface area contributed by atoms with Crippen LogP contribution >= 0.6 is 0 Å². The summed E-state index contributed by atoms with van der Waals surface area (Å²) >= 11 is 0. The number of nitrogens with zero attached hydrogens (tertiary/aromatic N) is 1. The predicted octanol–water partition coefficient (Wildman–Crippen LogP) is 3.57. The highest BCUT2D eigenvalue weighted by Gasteiger charge is 2.37. The van der Waals surface area contributed by atoms with Crippen LogP contribution in [-0.2, 0) is 5.41 Å². The molecule has 1 aromatic rings. The molecular weight excluding hydrogens is 256 g/mol. The Balaban J connectivity index is 1.82. The molecule has 21 heavy (non-hydrogen) atoms. The normalized spacial score (nSPS) is 26.6. The largest absolute Gasteiger partial charge is 0.317 e. The van der Waals surface area contributed by atoms with E-state index < -0.39 is 0 Å². The first kappa shape index (κ1) is 15.1. The van der Waals surface area contributed by atoms with Crippen LogP contribution in [0.4, 0.5) is 0 Å². The first-order chi connectivity index (χ1) is 10.3. The maximum atomic E-state index is 3.55. The molecule has 0 radical (unpaired) electrons. The fraction of sp³-hybridized carbons (Fsp3) is 0.684. The average molecular weight is 286 g/mol. The molecule has 0 aliphatic carbocycles. The average Bonchev–Trinajstić information content (AvgIpc) is 2.57. The molecule has 116 valence electrons. The highest BCUT2D eigenvalue weighted by atomic mass is 15.2. The zero-order valence-electron chi connectivity index (χ0n) is 13.5. The number of hydrogen-bond acceptors (Lipinski definition) is 2. The topological polar surface area (TPSA) is 15.3 Å². The molecule has 0 bridgehead atoms. The summed E-state index contributed by atoms with van der Waals surface area (Å²) in [5.74, 6) is 0. The Bertz CT molecular complexity index is 422. The number of piperidine rings is 2. The number of rotatable bonds is 4. The molecule has 1 unspecified atom stereocenters. The summed E-state index contributed by atoms with van der Waals surface area (Å²) in [5, 5.41) is 3.55. The lowest BCUT2D eigenvalue weighted by atomic mass is 9.72. The van der Waals surface area contributed by atoms with Gasteiger partial charge in [-0.3, -0.25) is 4.90 Å². The Labute approximate surface area is 129 Å². The summed E-state index contributed by atoms with van der Waals surface area (Å²) in [5.41, 5.74) is 1.93. The van der Waals surface area contributed by atoms with Crippen molar-refractivity contribution >= 4 is 0 Å². The number of nitrogens with one attached hydrogen (secondary N) is 1. The van der Waals surface area contributed by atoms with Crippen LogP contribution in [0.1, 0.15) is 51.0 Å². The van der Waals surface area contributed by atoms with E-state index in [1.165, 1.54) is 64.7 Å². The molecule has 2 saturated heterocycles. The van der Waals surface area contributed by atoms with E-state index in [1.54, 1.807) is 5.56 Å². The lowest BCUT2D eigenvalue weighted by molar-refractivity contribution is 0.0958. The highest BCUT2D eigenvalue weighted by molar-refractivity contribution is 5.27. The van der Waals surface area contributed by atoms with Crippen molar-refractivity contribution in [1.82, 2.24) is 10.2 Å². The molecular formula is C19H30N2. The molecule has 0 spiro atoms. The van der Waals surface area contributed by atoms with Crippen LogP contribution in [0.25, 0.3) is 0 Å².